The van der Waals surface area contributed by atoms with Crippen LogP contribution in [-0.2, 0) is 11.8 Å². The standard InChI is InChI=1S/C11H13N5OS2/c1-16-6-7(5-12-16)9-13-11(19-15-9)14-10(17)8-3-2-4-18-8/h5-6,8H,2-4H2,1H3,(H,13,14,15,17). The van der Waals surface area contributed by atoms with Crippen LogP contribution in [-0.4, -0.2) is 36.0 Å². The van der Waals surface area contributed by atoms with E-state index in [4.69, 9.17) is 0 Å². The van der Waals surface area contributed by atoms with Crippen molar-refractivity contribution >= 4 is 34.3 Å². The minimum atomic E-state index is 0.0383. The molecule has 1 fully saturated rings. The summed E-state index contributed by atoms with van der Waals surface area (Å²) in [6.45, 7) is 0. The molecule has 1 atom stereocenters. The van der Waals surface area contributed by atoms with Crippen molar-refractivity contribution < 1.29 is 4.79 Å². The fraction of sp³-hybridized carbons (Fsp3) is 0.455. The Hall–Kier alpha value is -1.41. The molecule has 1 amide bonds. The van der Waals surface area contributed by atoms with Gasteiger partial charge in [0, 0.05) is 24.8 Å². The average molecular weight is 295 g/mol. The SMILES string of the molecule is Cn1cc(-c2nsc(NC(=O)C3CCCS3)n2)cn1. The quantitative estimate of drug-likeness (QED) is 0.934. The first kappa shape index (κ1) is 12.6. The van der Waals surface area contributed by atoms with Crippen molar-refractivity contribution in [2.24, 2.45) is 7.05 Å². The average Bonchev–Trinajstić information content (AvgIpc) is 3.07. The Labute approximate surface area is 118 Å². The van der Waals surface area contributed by atoms with Crippen molar-refractivity contribution in [1.82, 2.24) is 19.1 Å². The molecule has 0 aromatic carbocycles. The molecular formula is C11H13N5OS2. The largest absolute Gasteiger partial charge is 0.300 e. The van der Waals surface area contributed by atoms with Crippen LogP contribution in [0, 0.1) is 0 Å². The number of thioether (sulfide) groups is 1. The van der Waals surface area contributed by atoms with Crippen LogP contribution in [0.1, 0.15) is 12.8 Å². The molecule has 100 valence electrons. The molecule has 1 aliphatic rings. The van der Waals surface area contributed by atoms with Crippen LogP contribution in [0.4, 0.5) is 5.13 Å². The van der Waals surface area contributed by atoms with E-state index in [1.165, 1.54) is 11.5 Å². The highest BCUT2D eigenvalue weighted by atomic mass is 32.2. The van der Waals surface area contributed by atoms with Gasteiger partial charge in [-0.05, 0) is 18.6 Å². The summed E-state index contributed by atoms with van der Waals surface area (Å²) in [6, 6.07) is 0. The number of amides is 1. The highest BCUT2D eigenvalue weighted by Gasteiger charge is 2.24. The molecule has 19 heavy (non-hydrogen) atoms. The van der Waals surface area contributed by atoms with E-state index in [0.717, 1.165) is 24.2 Å². The lowest BCUT2D eigenvalue weighted by Crippen LogP contribution is -2.22. The van der Waals surface area contributed by atoms with E-state index in [1.54, 1.807) is 22.6 Å². The molecule has 2 aromatic rings. The van der Waals surface area contributed by atoms with Gasteiger partial charge in [-0.3, -0.25) is 14.8 Å². The summed E-state index contributed by atoms with van der Waals surface area (Å²) in [5, 5.41) is 7.53. The number of carbonyl (C=O) groups is 1. The van der Waals surface area contributed by atoms with Gasteiger partial charge in [-0.2, -0.15) is 14.5 Å². The van der Waals surface area contributed by atoms with Crippen molar-refractivity contribution in [3.63, 3.8) is 0 Å². The minimum absolute atomic E-state index is 0.0383. The van der Waals surface area contributed by atoms with Crippen LogP contribution in [0.3, 0.4) is 0 Å². The Kier molecular flexibility index (Phi) is 3.52. The van der Waals surface area contributed by atoms with E-state index >= 15 is 0 Å². The first-order valence-electron chi connectivity index (χ1n) is 5.97. The van der Waals surface area contributed by atoms with Gasteiger partial charge in [-0.1, -0.05) is 0 Å². The van der Waals surface area contributed by atoms with Crippen molar-refractivity contribution in [3.8, 4) is 11.4 Å². The smallest absolute Gasteiger partial charge is 0.239 e. The van der Waals surface area contributed by atoms with Gasteiger partial charge in [-0.15, -0.1) is 11.8 Å². The molecule has 8 heteroatoms. The van der Waals surface area contributed by atoms with E-state index in [1.807, 2.05) is 13.2 Å². The fourth-order valence-electron chi connectivity index (χ4n) is 1.90. The van der Waals surface area contributed by atoms with Crippen LogP contribution in [0.2, 0.25) is 0 Å². The van der Waals surface area contributed by atoms with Gasteiger partial charge in [0.1, 0.15) is 0 Å². The number of nitrogens with one attached hydrogen (secondary N) is 1. The summed E-state index contributed by atoms with van der Waals surface area (Å²) in [5.41, 5.74) is 0.856. The maximum absolute atomic E-state index is 12.0. The van der Waals surface area contributed by atoms with Crippen LogP contribution in [0.25, 0.3) is 11.4 Å². The van der Waals surface area contributed by atoms with Crippen LogP contribution in [0.15, 0.2) is 12.4 Å². The van der Waals surface area contributed by atoms with E-state index in [2.05, 4.69) is 19.8 Å². The number of aromatic nitrogens is 4. The zero-order valence-corrected chi connectivity index (χ0v) is 12.0. The number of hydrogen-bond donors (Lipinski definition) is 1. The lowest BCUT2D eigenvalue weighted by atomic mass is 10.2. The molecular weight excluding hydrogens is 282 g/mol. The number of rotatable bonds is 3. The Bertz CT molecular complexity index is 587. The van der Waals surface area contributed by atoms with E-state index in [0.29, 0.717) is 11.0 Å². The maximum Gasteiger partial charge on any atom is 0.239 e. The van der Waals surface area contributed by atoms with Gasteiger partial charge < -0.3 is 0 Å². The second kappa shape index (κ2) is 5.30. The molecule has 0 aliphatic carbocycles. The van der Waals surface area contributed by atoms with E-state index in [9.17, 15) is 4.79 Å². The molecule has 6 nitrogen and oxygen atoms in total. The topological polar surface area (TPSA) is 72.7 Å². The van der Waals surface area contributed by atoms with E-state index in [-0.39, 0.29) is 11.2 Å². The highest BCUT2D eigenvalue weighted by molar-refractivity contribution is 8.00. The molecule has 3 rings (SSSR count). The Morgan fingerprint density at radius 1 is 1.58 bits per heavy atom. The van der Waals surface area contributed by atoms with Crippen molar-refractivity contribution in [1.29, 1.82) is 0 Å². The van der Waals surface area contributed by atoms with Crippen molar-refractivity contribution in [3.05, 3.63) is 12.4 Å². The predicted molar refractivity (Wildman–Crippen MR) is 76.2 cm³/mol. The van der Waals surface area contributed by atoms with Crippen LogP contribution < -0.4 is 5.32 Å². The van der Waals surface area contributed by atoms with Crippen molar-refractivity contribution in [2.75, 3.05) is 11.1 Å². The van der Waals surface area contributed by atoms with E-state index < -0.39 is 0 Å². The molecule has 1 unspecified atom stereocenters. The maximum atomic E-state index is 12.0. The molecule has 0 spiro atoms. The minimum Gasteiger partial charge on any atom is -0.300 e. The molecule has 1 saturated heterocycles. The molecule has 1 N–H and O–H groups in total. The summed E-state index contributed by atoms with van der Waals surface area (Å²) >= 11 is 2.91. The van der Waals surface area contributed by atoms with Crippen molar-refractivity contribution in [2.45, 2.75) is 18.1 Å². The van der Waals surface area contributed by atoms with Crippen LogP contribution in [0.5, 0.6) is 0 Å². The zero-order chi connectivity index (χ0) is 13.2. The van der Waals surface area contributed by atoms with Crippen LogP contribution >= 0.6 is 23.3 Å². The zero-order valence-electron chi connectivity index (χ0n) is 10.4. The van der Waals surface area contributed by atoms with Gasteiger partial charge >= 0.3 is 0 Å². The number of hydrogen-bond acceptors (Lipinski definition) is 6. The molecule has 1 aliphatic heterocycles. The number of nitrogens with zero attached hydrogens (tertiary/aromatic N) is 4. The predicted octanol–water partition coefficient (Wildman–Crippen LogP) is 1.77. The summed E-state index contributed by atoms with van der Waals surface area (Å²) in [6.07, 6.45) is 5.62. The first-order chi connectivity index (χ1) is 9.22. The number of carbonyl (C=O) groups excluding carboxylic acids is 1. The van der Waals surface area contributed by atoms with Gasteiger partial charge in [0.25, 0.3) is 0 Å². The Balaban J connectivity index is 1.69. The van der Waals surface area contributed by atoms with Gasteiger partial charge in [0.15, 0.2) is 5.82 Å². The molecule has 0 saturated carbocycles. The van der Waals surface area contributed by atoms with Gasteiger partial charge in [0.05, 0.1) is 17.0 Å². The first-order valence-corrected chi connectivity index (χ1v) is 7.80. The molecule has 2 aromatic heterocycles. The summed E-state index contributed by atoms with van der Waals surface area (Å²) in [7, 11) is 1.84. The lowest BCUT2D eigenvalue weighted by molar-refractivity contribution is -0.115. The molecule has 0 radical (unpaired) electrons. The summed E-state index contributed by atoms with van der Waals surface area (Å²) in [5.74, 6) is 1.71. The third kappa shape index (κ3) is 2.79. The number of anilines is 1. The fourth-order valence-corrected chi connectivity index (χ4v) is 3.65. The third-order valence-electron chi connectivity index (χ3n) is 2.84. The summed E-state index contributed by atoms with van der Waals surface area (Å²) in [4.78, 5) is 16.3. The Morgan fingerprint density at radius 3 is 3.16 bits per heavy atom. The van der Waals surface area contributed by atoms with Gasteiger partial charge in [0.2, 0.25) is 11.0 Å². The van der Waals surface area contributed by atoms with Gasteiger partial charge in [-0.25, -0.2) is 0 Å². The normalized spacial score (nSPS) is 18.7. The molecule has 3 heterocycles. The number of aryl methyl sites for hydroxylation is 1. The lowest BCUT2D eigenvalue weighted by Gasteiger charge is -2.06. The third-order valence-corrected chi connectivity index (χ3v) is 4.85. The monoisotopic (exact) mass is 295 g/mol. The second-order valence-corrected chi connectivity index (χ2v) is 6.38. The second-order valence-electron chi connectivity index (χ2n) is 4.32. The Morgan fingerprint density at radius 2 is 2.47 bits per heavy atom. The molecule has 0 bridgehead atoms. The summed E-state index contributed by atoms with van der Waals surface area (Å²) < 4.78 is 5.93. The highest BCUT2D eigenvalue weighted by Crippen LogP contribution is 2.28.